The van der Waals surface area contributed by atoms with Crippen molar-refractivity contribution in [1.82, 2.24) is 0 Å². The molecule has 0 amide bonds. The molecule has 0 unspecified atom stereocenters. The van der Waals surface area contributed by atoms with Crippen LogP contribution in [0.3, 0.4) is 0 Å². The number of nitro groups is 2. The summed E-state index contributed by atoms with van der Waals surface area (Å²) in [5.74, 6) is 1.89. The Hall–Kier alpha value is -2.51. The van der Waals surface area contributed by atoms with Gasteiger partial charge in [-0.15, -0.1) is 0 Å². The fourth-order valence-corrected chi connectivity index (χ4v) is 4.98. The average molecular weight is 435 g/mol. The lowest BCUT2D eigenvalue weighted by Crippen LogP contribution is -2.23. The number of rotatable bonds is 7. The highest BCUT2D eigenvalue weighted by Gasteiger charge is 2.28. The number of non-ortho nitro benzene ring substituents is 2. The molecule has 2 aliphatic carbocycles. The van der Waals surface area contributed by atoms with E-state index < -0.39 is 32.8 Å². The fourth-order valence-electron chi connectivity index (χ4n) is 4.98. The molecule has 2 saturated carbocycles. The topological polar surface area (TPSA) is 124 Å². The van der Waals surface area contributed by atoms with Crippen molar-refractivity contribution < 1.29 is 19.7 Å². The summed E-state index contributed by atoms with van der Waals surface area (Å²) in [6.45, 7) is 2.33. The lowest BCUT2D eigenvalue weighted by atomic mass is 9.70. The van der Waals surface area contributed by atoms with Crippen LogP contribution in [0.2, 0.25) is 0 Å². The minimum absolute atomic E-state index is 0.490. The van der Waals surface area contributed by atoms with Crippen molar-refractivity contribution in [2.75, 3.05) is 0 Å². The van der Waals surface area contributed by atoms with Crippen molar-refractivity contribution in [2.24, 2.45) is 17.8 Å². The van der Waals surface area contributed by atoms with E-state index in [0.29, 0.717) is 6.07 Å². The molecule has 0 atom stereocenters. The first kappa shape index (κ1) is 24.8. The van der Waals surface area contributed by atoms with E-state index >= 15 is 0 Å². The molecule has 8 nitrogen and oxygen atoms in total. The fraction of sp³-hybridized carbons (Fsp3) is 0.696. The van der Waals surface area contributed by atoms with Gasteiger partial charge in [0.15, 0.2) is 0 Å². The SMILES string of the molecule is CCCC[C@H]1CC[C@H](C2CCCCC2)CC1.O=C(O)c1cc([N+](=O)[O-])cc([N+](=O)[O-])c1. The molecule has 0 aliphatic heterocycles. The van der Waals surface area contributed by atoms with E-state index in [-0.39, 0.29) is 0 Å². The molecule has 1 aromatic carbocycles. The number of unbranched alkanes of at least 4 members (excludes halogenated alkanes) is 1. The van der Waals surface area contributed by atoms with Gasteiger partial charge >= 0.3 is 5.97 Å². The molecule has 31 heavy (non-hydrogen) atoms. The van der Waals surface area contributed by atoms with Crippen molar-refractivity contribution in [3.8, 4) is 0 Å². The highest BCUT2D eigenvalue weighted by atomic mass is 16.6. The van der Waals surface area contributed by atoms with Gasteiger partial charge in [0, 0.05) is 12.1 Å². The smallest absolute Gasteiger partial charge is 0.336 e. The maximum absolute atomic E-state index is 10.5. The summed E-state index contributed by atoms with van der Waals surface area (Å²) in [5, 5.41) is 29.2. The largest absolute Gasteiger partial charge is 0.478 e. The Kier molecular flexibility index (Phi) is 9.88. The normalized spacial score (nSPS) is 21.6. The number of carboxylic acids is 1. The molecule has 8 heteroatoms. The van der Waals surface area contributed by atoms with E-state index in [9.17, 15) is 25.0 Å². The summed E-state index contributed by atoms with van der Waals surface area (Å²) in [6.07, 6.45) is 18.3. The summed E-state index contributed by atoms with van der Waals surface area (Å²) < 4.78 is 0. The number of hydrogen-bond donors (Lipinski definition) is 1. The number of carbonyl (C=O) groups is 1. The van der Waals surface area contributed by atoms with Crippen molar-refractivity contribution in [2.45, 2.75) is 84.0 Å². The second-order valence-electron chi connectivity index (χ2n) is 8.88. The van der Waals surface area contributed by atoms with Crippen LogP contribution in [0.5, 0.6) is 0 Å². The van der Waals surface area contributed by atoms with Crippen LogP contribution in [-0.2, 0) is 0 Å². The van der Waals surface area contributed by atoms with Gasteiger partial charge in [-0.1, -0.05) is 71.1 Å². The molecular formula is C23H34N2O6. The molecule has 1 N–H and O–H groups in total. The number of hydrogen-bond acceptors (Lipinski definition) is 5. The van der Waals surface area contributed by atoms with E-state index in [1.54, 1.807) is 38.5 Å². The Morgan fingerprint density at radius 3 is 1.87 bits per heavy atom. The predicted octanol–water partition coefficient (Wildman–Crippen LogP) is 6.76. The first-order chi connectivity index (χ1) is 14.8. The van der Waals surface area contributed by atoms with Crippen LogP contribution in [0.15, 0.2) is 18.2 Å². The van der Waals surface area contributed by atoms with Crippen LogP contribution in [0.1, 0.15) is 94.3 Å². The number of aromatic carboxylic acids is 1. The Bertz CT molecular complexity index is 673. The molecule has 3 rings (SSSR count). The number of carboxylic acid groups (broad SMARTS) is 1. The number of nitrogens with zero attached hydrogens (tertiary/aromatic N) is 2. The van der Waals surface area contributed by atoms with Crippen molar-refractivity contribution >= 4 is 17.3 Å². The van der Waals surface area contributed by atoms with E-state index in [1.165, 1.54) is 38.5 Å². The van der Waals surface area contributed by atoms with Gasteiger partial charge in [0.05, 0.1) is 21.5 Å². The average Bonchev–Trinajstić information content (AvgIpc) is 2.78. The zero-order valence-electron chi connectivity index (χ0n) is 18.3. The summed E-state index contributed by atoms with van der Waals surface area (Å²) in [5.41, 5.74) is -1.74. The quantitative estimate of drug-likeness (QED) is 0.373. The maximum Gasteiger partial charge on any atom is 0.336 e. The standard InChI is InChI=1S/C16H30.C7H4N2O6/c1-2-3-7-14-10-12-16(13-11-14)15-8-5-4-6-9-15;10-7(11)4-1-5(8(12)13)3-6(2-4)9(14)15/h14-16H,2-13H2,1H3;1-3H,(H,10,11)/t14-,16-;. The van der Waals surface area contributed by atoms with Crippen LogP contribution in [0.4, 0.5) is 11.4 Å². The maximum atomic E-state index is 10.5. The zero-order valence-corrected chi connectivity index (χ0v) is 18.3. The lowest BCUT2D eigenvalue weighted by Gasteiger charge is -2.35. The summed E-state index contributed by atoms with van der Waals surface area (Å²) in [6, 6.07) is 2.22. The first-order valence-electron chi connectivity index (χ1n) is 11.5. The van der Waals surface area contributed by atoms with Crippen LogP contribution < -0.4 is 0 Å². The molecule has 0 saturated heterocycles. The minimum atomic E-state index is -1.46. The second-order valence-corrected chi connectivity index (χ2v) is 8.88. The second kappa shape index (κ2) is 12.4. The predicted molar refractivity (Wildman–Crippen MR) is 118 cm³/mol. The van der Waals surface area contributed by atoms with E-state index in [2.05, 4.69) is 6.92 Å². The van der Waals surface area contributed by atoms with Crippen molar-refractivity contribution in [1.29, 1.82) is 0 Å². The van der Waals surface area contributed by atoms with Gasteiger partial charge in [-0.25, -0.2) is 4.79 Å². The summed E-state index contributed by atoms with van der Waals surface area (Å²) in [4.78, 5) is 29.4. The molecule has 0 radical (unpaired) electrons. The van der Waals surface area contributed by atoms with E-state index in [1.807, 2.05) is 0 Å². The van der Waals surface area contributed by atoms with Crippen LogP contribution >= 0.6 is 0 Å². The van der Waals surface area contributed by atoms with Gasteiger partial charge in [0.25, 0.3) is 11.4 Å². The third-order valence-corrected chi connectivity index (χ3v) is 6.74. The Morgan fingerprint density at radius 2 is 1.42 bits per heavy atom. The molecule has 2 fully saturated rings. The molecule has 1 aromatic rings. The Morgan fingerprint density at radius 1 is 0.903 bits per heavy atom. The molecular weight excluding hydrogens is 400 g/mol. The number of nitro benzene ring substituents is 2. The van der Waals surface area contributed by atoms with Crippen LogP contribution in [0, 0.1) is 38.0 Å². The van der Waals surface area contributed by atoms with Gasteiger partial charge in [-0.3, -0.25) is 20.2 Å². The molecule has 0 bridgehead atoms. The molecule has 0 spiro atoms. The van der Waals surface area contributed by atoms with Crippen LogP contribution in [-0.4, -0.2) is 20.9 Å². The summed E-state index contributed by atoms with van der Waals surface area (Å²) >= 11 is 0. The molecule has 2 aliphatic rings. The van der Waals surface area contributed by atoms with Gasteiger partial charge in [0.2, 0.25) is 0 Å². The molecule has 172 valence electrons. The zero-order chi connectivity index (χ0) is 22.8. The monoisotopic (exact) mass is 434 g/mol. The van der Waals surface area contributed by atoms with Crippen LogP contribution in [0.25, 0.3) is 0 Å². The van der Waals surface area contributed by atoms with E-state index in [4.69, 9.17) is 5.11 Å². The van der Waals surface area contributed by atoms with Crippen molar-refractivity contribution in [3.63, 3.8) is 0 Å². The third-order valence-electron chi connectivity index (χ3n) is 6.74. The van der Waals surface area contributed by atoms with Gasteiger partial charge in [-0.2, -0.15) is 0 Å². The highest BCUT2D eigenvalue weighted by molar-refractivity contribution is 5.89. The third kappa shape index (κ3) is 7.92. The first-order valence-corrected chi connectivity index (χ1v) is 11.5. The minimum Gasteiger partial charge on any atom is -0.478 e. The van der Waals surface area contributed by atoms with Gasteiger partial charge in [0.1, 0.15) is 0 Å². The van der Waals surface area contributed by atoms with Crippen molar-refractivity contribution in [3.05, 3.63) is 44.0 Å². The molecule has 0 heterocycles. The van der Waals surface area contributed by atoms with Gasteiger partial charge < -0.3 is 5.11 Å². The molecule has 0 aromatic heterocycles. The lowest BCUT2D eigenvalue weighted by molar-refractivity contribution is -0.394. The Labute approximate surface area is 183 Å². The highest BCUT2D eigenvalue weighted by Crippen LogP contribution is 2.40. The Balaban J connectivity index is 0.000000221. The van der Waals surface area contributed by atoms with Gasteiger partial charge in [-0.05, 0) is 30.6 Å². The van der Waals surface area contributed by atoms with E-state index in [0.717, 1.165) is 29.9 Å². The summed E-state index contributed by atoms with van der Waals surface area (Å²) in [7, 11) is 0. The number of benzene rings is 1.